The molecule has 55 heavy (non-hydrogen) atoms. The molecule has 3 heterocycles. The second-order valence-corrected chi connectivity index (χ2v) is 15.5. The highest BCUT2D eigenvalue weighted by Gasteiger charge is 2.46. The summed E-state index contributed by atoms with van der Waals surface area (Å²) in [5, 5.41) is 7.08. The molecule has 11 aromatic rings. The number of fused-ring (bicyclic) bond motifs is 10. The molecule has 0 unspecified atom stereocenters. The van der Waals surface area contributed by atoms with Crippen LogP contribution in [0.2, 0.25) is 0 Å². The maximum absolute atomic E-state index is 5.61. The SMILES string of the molecule is c1ccc(C2(c3ccccc3)c3ccccc3-c3cc(-c4nc(-n5c6ccccc6c6cc7ccccc7cc65)nc5sc6ccccc6c45)ccc32)cc1. The van der Waals surface area contributed by atoms with Crippen molar-refractivity contribution in [2.75, 3.05) is 0 Å². The topological polar surface area (TPSA) is 30.7 Å². The molecule has 0 atom stereocenters. The Kier molecular flexibility index (Phi) is 6.42. The van der Waals surface area contributed by atoms with Crippen LogP contribution in [0.3, 0.4) is 0 Å². The van der Waals surface area contributed by atoms with Gasteiger partial charge in [0, 0.05) is 31.8 Å². The van der Waals surface area contributed by atoms with Crippen LogP contribution in [0.1, 0.15) is 22.3 Å². The Bertz CT molecular complexity index is 3280. The van der Waals surface area contributed by atoms with Gasteiger partial charge in [-0.3, -0.25) is 4.57 Å². The molecule has 0 saturated heterocycles. The average molecular weight is 718 g/mol. The van der Waals surface area contributed by atoms with Crippen LogP contribution in [-0.4, -0.2) is 14.5 Å². The van der Waals surface area contributed by atoms with Gasteiger partial charge in [-0.05, 0) is 74.5 Å². The molecule has 0 amide bonds. The van der Waals surface area contributed by atoms with Crippen molar-refractivity contribution in [1.82, 2.24) is 14.5 Å². The van der Waals surface area contributed by atoms with E-state index in [1.165, 1.54) is 65.0 Å². The van der Waals surface area contributed by atoms with E-state index in [0.29, 0.717) is 5.95 Å². The van der Waals surface area contributed by atoms with E-state index in [-0.39, 0.29) is 0 Å². The molecule has 1 aliphatic rings. The van der Waals surface area contributed by atoms with Crippen LogP contribution in [0, 0.1) is 0 Å². The summed E-state index contributed by atoms with van der Waals surface area (Å²) in [7, 11) is 0. The summed E-state index contributed by atoms with van der Waals surface area (Å²) in [4.78, 5) is 12.0. The van der Waals surface area contributed by atoms with E-state index < -0.39 is 5.41 Å². The number of thiophene rings is 1. The average Bonchev–Trinajstić information content (AvgIpc) is 3.89. The van der Waals surface area contributed by atoms with Gasteiger partial charge in [-0.1, -0.05) is 158 Å². The lowest BCUT2D eigenvalue weighted by Gasteiger charge is -2.33. The predicted octanol–water partition coefficient (Wildman–Crippen LogP) is 13.1. The number of hydrogen-bond donors (Lipinski definition) is 0. The highest BCUT2D eigenvalue weighted by atomic mass is 32.1. The smallest absolute Gasteiger partial charge is 0.236 e. The summed E-state index contributed by atoms with van der Waals surface area (Å²) in [6.07, 6.45) is 0. The monoisotopic (exact) mass is 717 g/mol. The number of benzene rings is 8. The number of aromatic nitrogens is 3. The summed E-state index contributed by atoms with van der Waals surface area (Å²) in [5.41, 5.74) is 11.3. The van der Waals surface area contributed by atoms with Gasteiger partial charge in [0.1, 0.15) is 4.83 Å². The van der Waals surface area contributed by atoms with Crippen LogP contribution < -0.4 is 0 Å². The van der Waals surface area contributed by atoms with Crippen molar-refractivity contribution < 1.29 is 0 Å². The molecule has 0 N–H and O–H groups in total. The molecule has 12 rings (SSSR count). The normalized spacial score (nSPS) is 13.2. The van der Waals surface area contributed by atoms with Gasteiger partial charge < -0.3 is 0 Å². The van der Waals surface area contributed by atoms with Crippen molar-refractivity contribution in [2.45, 2.75) is 5.41 Å². The third-order valence-corrected chi connectivity index (χ3v) is 12.8. The van der Waals surface area contributed by atoms with Gasteiger partial charge in [0.15, 0.2) is 0 Å². The molecule has 0 radical (unpaired) electrons. The van der Waals surface area contributed by atoms with Gasteiger partial charge in [-0.2, -0.15) is 0 Å². The second-order valence-electron chi connectivity index (χ2n) is 14.5. The molecular weight excluding hydrogens is 687 g/mol. The Balaban J connectivity index is 1.17. The first-order chi connectivity index (χ1) is 27.3. The summed E-state index contributed by atoms with van der Waals surface area (Å²) in [5.74, 6) is 0.680. The van der Waals surface area contributed by atoms with E-state index in [0.717, 1.165) is 32.5 Å². The highest BCUT2D eigenvalue weighted by molar-refractivity contribution is 7.25. The summed E-state index contributed by atoms with van der Waals surface area (Å²) in [6, 6.07) is 68.4. The molecule has 0 aliphatic heterocycles. The van der Waals surface area contributed by atoms with E-state index in [4.69, 9.17) is 9.97 Å². The maximum Gasteiger partial charge on any atom is 0.236 e. The summed E-state index contributed by atoms with van der Waals surface area (Å²) in [6.45, 7) is 0. The minimum Gasteiger partial charge on any atom is -0.278 e. The first-order valence-corrected chi connectivity index (χ1v) is 19.6. The predicted molar refractivity (Wildman–Crippen MR) is 230 cm³/mol. The van der Waals surface area contributed by atoms with E-state index >= 15 is 0 Å². The van der Waals surface area contributed by atoms with Gasteiger partial charge in [0.05, 0.1) is 22.1 Å². The molecule has 3 nitrogen and oxygen atoms in total. The number of para-hydroxylation sites is 1. The Morgan fingerprint density at radius 2 is 1.09 bits per heavy atom. The van der Waals surface area contributed by atoms with Crippen LogP contribution in [0.15, 0.2) is 188 Å². The second kappa shape index (κ2) is 11.6. The summed E-state index contributed by atoms with van der Waals surface area (Å²) < 4.78 is 3.47. The standard InChI is InChI=1S/C51H31N3S/c1-3-17-35(18-4-1)51(36-19-5-2-6-20-36)42-24-12-9-21-37(42)40-30-34(27-28-43(40)51)48-47-39-23-11-14-26-46(39)55-49(47)53-50(52-48)54-44-25-13-10-22-38(44)41-29-32-15-7-8-16-33(32)31-45(41)54/h1-31H. The fourth-order valence-corrected chi connectivity index (χ4v) is 10.5. The third-order valence-electron chi connectivity index (χ3n) is 11.7. The Labute approximate surface area is 321 Å². The zero-order valence-corrected chi connectivity index (χ0v) is 30.5. The van der Waals surface area contributed by atoms with Crippen molar-refractivity contribution in [3.8, 4) is 28.3 Å². The first kappa shape index (κ1) is 30.6. The molecule has 0 bridgehead atoms. The lowest BCUT2D eigenvalue weighted by Crippen LogP contribution is -2.28. The lowest BCUT2D eigenvalue weighted by molar-refractivity contribution is 0.768. The molecule has 0 spiro atoms. The molecule has 3 aromatic heterocycles. The maximum atomic E-state index is 5.61. The van der Waals surface area contributed by atoms with Gasteiger partial charge in [-0.15, -0.1) is 11.3 Å². The van der Waals surface area contributed by atoms with Gasteiger partial charge in [0.2, 0.25) is 5.95 Å². The molecule has 0 fully saturated rings. The fourth-order valence-electron chi connectivity index (χ4n) is 9.39. The highest BCUT2D eigenvalue weighted by Crippen LogP contribution is 2.57. The van der Waals surface area contributed by atoms with E-state index in [9.17, 15) is 0 Å². The third kappa shape index (κ3) is 4.26. The Morgan fingerprint density at radius 3 is 1.89 bits per heavy atom. The van der Waals surface area contributed by atoms with Crippen LogP contribution in [0.5, 0.6) is 0 Å². The molecule has 1 aliphatic carbocycles. The van der Waals surface area contributed by atoms with Gasteiger partial charge in [0.25, 0.3) is 0 Å². The molecule has 256 valence electrons. The molecule has 0 saturated carbocycles. The van der Waals surface area contributed by atoms with Crippen LogP contribution in [-0.2, 0) is 5.41 Å². The zero-order chi connectivity index (χ0) is 36.1. The molecule has 4 heteroatoms. The number of hydrogen-bond acceptors (Lipinski definition) is 3. The Morgan fingerprint density at radius 1 is 0.455 bits per heavy atom. The van der Waals surface area contributed by atoms with Crippen molar-refractivity contribution in [2.24, 2.45) is 0 Å². The number of rotatable bonds is 4. The molecular formula is C51H31N3S. The quantitative estimate of drug-likeness (QED) is 0.181. The first-order valence-electron chi connectivity index (χ1n) is 18.7. The minimum absolute atomic E-state index is 0.458. The van der Waals surface area contributed by atoms with Crippen molar-refractivity contribution in [3.05, 3.63) is 210 Å². The molecule has 8 aromatic carbocycles. The van der Waals surface area contributed by atoms with Crippen LogP contribution in [0.25, 0.3) is 81.2 Å². The van der Waals surface area contributed by atoms with Crippen LogP contribution in [0.4, 0.5) is 0 Å². The van der Waals surface area contributed by atoms with Crippen molar-refractivity contribution in [1.29, 1.82) is 0 Å². The van der Waals surface area contributed by atoms with Crippen molar-refractivity contribution >= 4 is 64.2 Å². The van der Waals surface area contributed by atoms with E-state index in [1.807, 2.05) is 0 Å². The van der Waals surface area contributed by atoms with E-state index in [2.05, 4.69) is 193 Å². The van der Waals surface area contributed by atoms with Crippen molar-refractivity contribution in [3.63, 3.8) is 0 Å². The summed E-state index contributed by atoms with van der Waals surface area (Å²) >= 11 is 1.74. The largest absolute Gasteiger partial charge is 0.278 e. The van der Waals surface area contributed by atoms with E-state index in [1.54, 1.807) is 11.3 Å². The van der Waals surface area contributed by atoms with Crippen LogP contribution >= 0.6 is 11.3 Å². The minimum atomic E-state index is -0.458. The number of nitrogens with zero attached hydrogens (tertiary/aromatic N) is 3. The van der Waals surface area contributed by atoms with Gasteiger partial charge >= 0.3 is 0 Å². The Hall–Kier alpha value is -6.88. The lowest BCUT2D eigenvalue weighted by atomic mass is 9.67. The fraction of sp³-hybridized carbons (Fsp3) is 0.0196. The zero-order valence-electron chi connectivity index (χ0n) is 29.6. The van der Waals surface area contributed by atoms with Gasteiger partial charge in [-0.25, -0.2) is 9.97 Å².